The summed E-state index contributed by atoms with van der Waals surface area (Å²) in [6.07, 6.45) is 3.32. The summed E-state index contributed by atoms with van der Waals surface area (Å²) >= 11 is 0. The summed E-state index contributed by atoms with van der Waals surface area (Å²) in [6, 6.07) is 1.81. The smallest absolute Gasteiger partial charge is 0.252 e. The summed E-state index contributed by atoms with van der Waals surface area (Å²) in [7, 11) is 0. The molecule has 3 N–H and O–H groups in total. The molecule has 1 aromatic heterocycles. The molecule has 100 valence electrons. The highest BCUT2D eigenvalue weighted by Gasteiger charge is 2.19. The highest BCUT2D eigenvalue weighted by molar-refractivity contribution is 5.34. The van der Waals surface area contributed by atoms with Gasteiger partial charge < -0.3 is 15.4 Å². The number of anilines is 1. The fraction of sp³-hybridized carbons (Fsp3) is 0.692. The van der Waals surface area contributed by atoms with Gasteiger partial charge >= 0.3 is 0 Å². The first-order chi connectivity index (χ1) is 8.54. The van der Waals surface area contributed by atoms with Gasteiger partial charge in [-0.25, -0.2) is 4.98 Å². The molecule has 1 aliphatic carbocycles. The van der Waals surface area contributed by atoms with Crippen LogP contribution in [0.5, 0.6) is 0 Å². The second-order valence-corrected chi connectivity index (χ2v) is 5.32. The Morgan fingerprint density at radius 2 is 2.06 bits per heavy atom. The van der Waals surface area contributed by atoms with Crippen LogP contribution >= 0.6 is 0 Å². The van der Waals surface area contributed by atoms with Gasteiger partial charge in [0, 0.05) is 18.0 Å². The van der Waals surface area contributed by atoms with Crippen LogP contribution in [0.4, 0.5) is 5.82 Å². The predicted molar refractivity (Wildman–Crippen MR) is 70.8 cm³/mol. The molecule has 5 nitrogen and oxygen atoms in total. The lowest BCUT2D eigenvalue weighted by Crippen LogP contribution is -2.29. The number of nitrogens with zero attached hydrogens (tertiary/aromatic N) is 1. The van der Waals surface area contributed by atoms with Crippen molar-refractivity contribution in [1.29, 1.82) is 0 Å². The Hall–Kier alpha value is -1.36. The van der Waals surface area contributed by atoms with Crippen molar-refractivity contribution in [1.82, 2.24) is 9.97 Å². The van der Waals surface area contributed by atoms with Gasteiger partial charge in [-0.05, 0) is 25.7 Å². The van der Waals surface area contributed by atoms with E-state index in [1.54, 1.807) is 0 Å². The number of aromatic nitrogens is 2. The Balaban J connectivity index is 2.07. The number of H-pyrrole nitrogens is 1. The van der Waals surface area contributed by atoms with Crippen molar-refractivity contribution in [2.24, 2.45) is 0 Å². The summed E-state index contributed by atoms with van der Waals surface area (Å²) in [6.45, 7) is 4.00. The van der Waals surface area contributed by atoms with Crippen LogP contribution in [0.1, 0.15) is 51.3 Å². The maximum atomic E-state index is 11.5. The third-order valence-corrected chi connectivity index (χ3v) is 3.36. The summed E-state index contributed by atoms with van der Waals surface area (Å²) in [5.41, 5.74) is -0.118. The maximum absolute atomic E-state index is 11.5. The fourth-order valence-corrected chi connectivity index (χ4v) is 2.25. The van der Waals surface area contributed by atoms with Crippen molar-refractivity contribution in [3.05, 3.63) is 22.2 Å². The molecule has 0 bridgehead atoms. The van der Waals surface area contributed by atoms with Gasteiger partial charge in [0.1, 0.15) is 11.6 Å². The van der Waals surface area contributed by atoms with E-state index in [4.69, 9.17) is 0 Å². The van der Waals surface area contributed by atoms with Crippen molar-refractivity contribution in [2.45, 2.75) is 57.6 Å². The van der Waals surface area contributed by atoms with E-state index in [0.717, 1.165) is 25.7 Å². The minimum absolute atomic E-state index is 0.118. The maximum Gasteiger partial charge on any atom is 0.252 e. The summed E-state index contributed by atoms with van der Waals surface area (Å²) < 4.78 is 0. The van der Waals surface area contributed by atoms with Gasteiger partial charge in [0.05, 0.1) is 6.10 Å². The Labute approximate surface area is 107 Å². The molecule has 1 heterocycles. The molecule has 0 spiro atoms. The Morgan fingerprint density at radius 3 is 2.67 bits per heavy atom. The fourth-order valence-electron chi connectivity index (χ4n) is 2.25. The Bertz CT molecular complexity index is 448. The van der Waals surface area contributed by atoms with E-state index in [1.165, 1.54) is 6.07 Å². The van der Waals surface area contributed by atoms with Crippen LogP contribution in [-0.2, 0) is 0 Å². The molecular formula is C13H21N3O2. The second-order valence-electron chi connectivity index (χ2n) is 5.32. The molecule has 0 saturated heterocycles. The van der Waals surface area contributed by atoms with Gasteiger partial charge in [0.2, 0.25) is 0 Å². The minimum atomic E-state index is -0.165. The van der Waals surface area contributed by atoms with Crippen molar-refractivity contribution in [3.63, 3.8) is 0 Å². The van der Waals surface area contributed by atoms with Gasteiger partial charge in [-0.3, -0.25) is 4.79 Å². The van der Waals surface area contributed by atoms with Crippen LogP contribution in [0.3, 0.4) is 0 Å². The normalized spacial score (nSPS) is 24.2. The zero-order chi connectivity index (χ0) is 13.1. The van der Waals surface area contributed by atoms with Gasteiger partial charge in [-0.1, -0.05) is 13.8 Å². The monoisotopic (exact) mass is 251 g/mol. The number of aromatic amines is 1. The van der Waals surface area contributed by atoms with E-state index >= 15 is 0 Å². The molecule has 1 aliphatic rings. The van der Waals surface area contributed by atoms with Crippen molar-refractivity contribution < 1.29 is 5.11 Å². The van der Waals surface area contributed by atoms with Crippen LogP contribution in [-0.4, -0.2) is 27.2 Å². The zero-order valence-corrected chi connectivity index (χ0v) is 10.9. The molecule has 0 atom stereocenters. The second kappa shape index (κ2) is 5.52. The van der Waals surface area contributed by atoms with Gasteiger partial charge in [-0.2, -0.15) is 0 Å². The molecule has 1 saturated carbocycles. The summed E-state index contributed by atoms with van der Waals surface area (Å²) in [4.78, 5) is 18.7. The topological polar surface area (TPSA) is 78.0 Å². The average Bonchev–Trinajstić information content (AvgIpc) is 2.31. The third-order valence-electron chi connectivity index (χ3n) is 3.36. The third kappa shape index (κ3) is 3.32. The molecule has 0 aromatic carbocycles. The van der Waals surface area contributed by atoms with E-state index < -0.39 is 0 Å². The summed E-state index contributed by atoms with van der Waals surface area (Å²) in [5, 5.41) is 12.8. The zero-order valence-electron chi connectivity index (χ0n) is 10.9. The number of hydrogen-bond donors (Lipinski definition) is 3. The number of aliphatic hydroxyl groups excluding tert-OH is 1. The molecule has 0 aliphatic heterocycles. The highest BCUT2D eigenvalue weighted by Crippen LogP contribution is 2.21. The standard InChI is InChI=1S/C13H21N3O2/c1-8(2)13-15-11(7-12(18)16-13)14-9-3-5-10(17)6-4-9/h7-10,17H,3-6H2,1-2H3,(H2,14,15,16,18). The SMILES string of the molecule is CC(C)c1nc(NC2CCC(O)CC2)cc(=O)[nH]1. The lowest BCUT2D eigenvalue weighted by molar-refractivity contribution is 0.126. The van der Waals surface area contributed by atoms with Crippen LogP contribution in [0, 0.1) is 0 Å². The molecule has 18 heavy (non-hydrogen) atoms. The van der Waals surface area contributed by atoms with E-state index in [2.05, 4.69) is 15.3 Å². The number of aliphatic hydroxyl groups is 1. The first-order valence-electron chi connectivity index (χ1n) is 6.60. The van der Waals surface area contributed by atoms with E-state index in [9.17, 15) is 9.90 Å². The lowest BCUT2D eigenvalue weighted by Gasteiger charge is -2.26. The largest absolute Gasteiger partial charge is 0.393 e. The van der Waals surface area contributed by atoms with Crippen molar-refractivity contribution in [2.75, 3.05) is 5.32 Å². The number of rotatable bonds is 3. The van der Waals surface area contributed by atoms with Crippen molar-refractivity contribution >= 4 is 5.82 Å². The highest BCUT2D eigenvalue weighted by atomic mass is 16.3. The molecule has 0 unspecified atom stereocenters. The molecule has 2 rings (SSSR count). The Morgan fingerprint density at radius 1 is 1.39 bits per heavy atom. The van der Waals surface area contributed by atoms with E-state index in [1.807, 2.05) is 13.8 Å². The van der Waals surface area contributed by atoms with Crippen LogP contribution < -0.4 is 10.9 Å². The van der Waals surface area contributed by atoms with Gasteiger partial charge in [0.15, 0.2) is 0 Å². The van der Waals surface area contributed by atoms with Crippen molar-refractivity contribution in [3.8, 4) is 0 Å². The number of nitrogens with one attached hydrogen (secondary N) is 2. The molecule has 1 aromatic rings. The first kappa shape index (κ1) is 13.1. The molecule has 5 heteroatoms. The molecule has 0 amide bonds. The van der Waals surface area contributed by atoms with Gasteiger partial charge in [-0.15, -0.1) is 0 Å². The Kier molecular flexibility index (Phi) is 4.01. The predicted octanol–water partition coefficient (Wildman–Crippen LogP) is 1.61. The van der Waals surface area contributed by atoms with E-state index in [0.29, 0.717) is 17.7 Å². The lowest BCUT2D eigenvalue weighted by atomic mass is 9.93. The van der Waals surface area contributed by atoms with Crippen LogP contribution in [0.2, 0.25) is 0 Å². The van der Waals surface area contributed by atoms with Crippen LogP contribution in [0.15, 0.2) is 10.9 Å². The molecule has 0 radical (unpaired) electrons. The molecular weight excluding hydrogens is 230 g/mol. The number of hydrogen-bond acceptors (Lipinski definition) is 4. The van der Waals surface area contributed by atoms with Gasteiger partial charge in [0.25, 0.3) is 5.56 Å². The van der Waals surface area contributed by atoms with Crippen LogP contribution in [0.25, 0.3) is 0 Å². The first-order valence-corrected chi connectivity index (χ1v) is 6.60. The molecule has 1 fully saturated rings. The average molecular weight is 251 g/mol. The quantitative estimate of drug-likeness (QED) is 0.762. The van der Waals surface area contributed by atoms with E-state index in [-0.39, 0.29) is 17.6 Å². The summed E-state index contributed by atoms with van der Waals surface area (Å²) in [5.74, 6) is 1.55. The minimum Gasteiger partial charge on any atom is -0.393 e.